The van der Waals surface area contributed by atoms with Crippen LogP contribution in [0.25, 0.3) is 0 Å². The Morgan fingerprint density at radius 2 is 1.82 bits per heavy atom. The summed E-state index contributed by atoms with van der Waals surface area (Å²) < 4.78 is 5.83. The lowest BCUT2D eigenvalue weighted by atomic mass is 10.1. The summed E-state index contributed by atoms with van der Waals surface area (Å²) in [5.41, 5.74) is 3.25. The molecule has 0 saturated carbocycles. The topological polar surface area (TPSA) is 90.3 Å². The van der Waals surface area contributed by atoms with Gasteiger partial charge in [0.25, 0.3) is 5.56 Å². The van der Waals surface area contributed by atoms with Gasteiger partial charge >= 0.3 is 0 Å². The van der Waals surface area contributed by atoms with Crippen molar-refractivity contribution in [1.82, 2.24) is 24.8 Å². The summed E-state index contributed by atoms with van der Waals surface area (Å²) in [6, 6.07) is 8.09. The minimum absolute atomic E-state index is 0.124. The highest BCUT2D eigenvalue weighted by atomic mass is 32.2. The minimum atomic E-state index is -0.124. The zero-order chi connectivity index (χ0) is 23.8. The van der Waals surface area contributed by atoms with Gasteiger partial charge in [-0.3, -0.25) is 14.8 Å². The molecule has 3 aromatic rings. The monoisotopic (exact) mass is 470 g/mol. The van der Waals surface area contributed by atoms with E-state index in [0.29, 0.717) is 24.5 Å². The first-order valence-electron chi connectivity index (χ1n) is 11.0. The van der Waals surface area contributed by atoms with Gasteiger partial charge in [0.1, 0.15) is 11.5 Å². The van der Waals surface area contributed by atoms with Crippen LogP contribution in [0.3, 0.4) is 0 Å². The van der Waals surface area contributed by atoms with E-state index in [1.54, 1.807) is 11.8 Å². The van der Waals surface area contributed by atoms with Gasteiger partial charge in [0, 0.05) is 42.7 Å². The summed E-state index contributed by atoms with van der Waals surface area (Å²) in [6.45, 7) is 4.21. The maximum Gasteiger partial charge on any atom is 0.256 e. The highest BCUT2D eigenvalue weighted by Crippen LogP contribution is 2.16. The number of rotatable bonds is 12. The fourth-order valence-electron chi connectivity index (χ4n) is 3.41. The Kier molecular flexibility index (Phi) is 9.11. The van der Waals surface area contributed by atoms with E-state index in [1.807, 2.05) is 59.5 Å². The Balaban J connectivity index is 1.47. The fraction of sp³-hybridized carbons (Fsp3) is 0.458. The first-order chi connectivity index (χ1) is 15.8. The third-order valence-electron chi connectivity index (χ3n) is 4.94. The van der Waals surface area contributed by atoms with Gasteiger partial charge in [0.05, 0.1) is 18.0 Å². The third-order valence-corrected chi connectivity index (χ3v) is 5.92. The normalized spacial score (nSPS) is 11.5. The molecule has 33 heavy (non-hydrogen) atoms. The summed E-state index contributed by atoms with van der Waals surface area (Å²) in [5.74, 6) is 4.15. The second-order valence-electron chi connectivity index (χ2n) is 8.64. The largest absolute Gasteiger partial charge is 0.464 e. The number of nitrogens with zero attached hydrogens (tertiary/aromatic N) is 4. The fourth-order valence-corrected chi connectivity index (χ4v) is 4.16. The van der Waals surface area contributed by atoms with Crippen LogP contribution in [0.15, 0.2) is 39.7 Å². The number of anilines is 1. The van der Waals surface area contributed by atoms with E-state index in [9.17, 15) is 4.79 Å². The molecule has 0 aliphatic rings. The van der Waals surface area contributed by atoms with Crippen LogP contribution >= 0.6 is 11.8 Å². The number of furan rings is 1. The van der Waals surface area contributed by atoms with Crippen molar-refractivity contribution < 1.29 is 4.42 Å². The van der Waals surface area contributed by atoms with Gasteiger partial charge in [-0.15, -0.1) is 0 Å². The quantitative estimate of drug-likeness (QED) is 0.390. The smallest absolute Gasteiger partial charge is 0.256 e. The number of thioether (sulfide) groups is 1. The second kappa shape index (κ2) is 12.0. The molecule has 0 aliphatic heterocycles. The molecular weight excluding hydrogens is 436 g/mol. The highest BCUT2D eigenvalue weighted by molar-refractivity contribution is 7.98. The number of pyridine rings is 1. The maximum absolute atomic E-state index is 12.6. The molecule has 8 nitrogen and oxygen atoms in total. The number of hydrogen-bond acceptors (Lipinski definition) is 8. The molecule has 0 amide bonds. The van der Waals surface area contributed by atoms with Crippen LogP contribution in [-0.4, -0.2) is 65.2 Å². The Bertz CT molecular complexity index is 1080. The SMILES string of the molecule is Cc1nc(NCCSCc2ccc(CN(C)C)o2)[nH]c(=O)c1Cc1ccc(CN(C)C)cn1. The lowest BCUT2D eigenvalue weighted by Crippen LogP contribution is -2.20. The van der Waals surface area contributed by atoms with E-state index in [2.05, 4.69) is 36.1 Å². The molecule has 0 radical (unpaired) electrons. The van der Waals surface area contributed by atoms with E-state index >= 15 is 0 Å². The molecule has 178 valence electrons. The van der Waals surface area contributed by atoms with E-state index in [4.69, 9.17) is 4.42 Å². The molecule has 2 N–H and O–H groups in total. The summed E-state index contributed by atoms with van der Waals surface area (Å²) in [6.07, 6.45) is 2.33. The first-order valence-corrected chi connectivity index (χ1v) is 12.2. The van der Waals surface area contributed by atoms with Gasteiger partial charge in [-0.25, -0.2) is 4.98 Å². The number of hydrogen-bond donors (Lipinski definition) is 2. The lowest BCUT2D eigenvalue weighted by Gasteiger charge is -2.11. The molecule has 9 heteroatoms. The summed E-state index contributed by atoms with van der Waals surface area (Å²) in [7, 11) is 8.10. The summed E-state index contributed by atoms with van der Waals surface area (Å²) >= 11 is 1.77. The van der Waals surface area contributed by atoms with Crippen LogP contribution in [0.5, 0.6) is 0 Å². The number of H-pyrrole nitrogens is 1. The molecule has 0 atom stereocenters. The van der Waals surface area contributed by atoms with E-state index in [1.165, 1.54) is 0 Å². The third kappa shape index (κ3) is 8.03. The lowest BCUT2D eigenvalue weighted by molar-refractivity contribution is 0.344. The molecule has 0 aromatic carbocycles. The van der Waals surface area contributed by atoms with Crippen LogP contribution in [0.4, 0.5) is 5.95 Å². The van der Waals surface area contributed by atoms with Crippen LogP contribution < -0.4 is 10.9 Å². The van der Waals surface area contributed by atoms with Gasteiger partial charge in [-0.2, -0.15) is 11.8 Å². The highest BCUT2D eigenvalue weighted by Gasteiger charge is 2.10. The minimum Gasteiger partial charge on any atom is -0.464 e. The van der Waals surface area contributed by atoms with Crippen LogP contribution in [0, 0.1) is 6.92 Å². The molecule has 3 aromatic heterocycles. The summed E-state index contributed by atoms with van der Waals surface area (Å²) in [5, 5.41) is 3.22. The molecule has 0 unspecified atom stereocenters. The molecule has 0 saturated heterocycles. The molecular formula is C24H34N6O2S. The van der Waals surface area contributed by atoms with E-state index in [0.717, 1.165) is 53.1 Å². The molecule has 3 rings (SSSR count). The van der Waals surface area contributed by atoms with Gasteiger partial charge in [-0.1, -0.05) is 6.07 Å². The number of nitrogens with one attached hydrogen (secondary N) is 2. The van der Waals surface area contributed by atoms with Crippen LogP contribution in [0.2, 0.25) is 0 Å². The Morgan fingerprint density at radius 1 is 1.06 bits per heavy atom. The van der Waals surface area contributed by atoms with Crippen molar-refractivity contribution in [1.29, 1.82) is 0 Å². The van der Waals surface area contributed by atoms with Crippen molar-refractivity contribution in [3.63, 3.8) is 0 Å². The number of aromatic nitrogens is 3. The van der Waals surface area contributed by atoms with Gasteiger partial charge in [0.15, 0.2) is 0 Å². The van der Waals surface area contributed by atoms with Crippen molar-refractivity contribution in [2.75, 3.05) is 45.8 Å². The predicted octanol–water partition coefficient (Wildman–Crippen LogP) is 3.13. The standard InChI is InChI=1S/C24H34N6O2S/c1-17-22(12-19-7-6-18(13-26-19)14-29(2)3)23(31)28-24(27-17)25-10-11-33-16-21-9-8-20(32-21)15-30(4)5/h6-9,13H,10-12,14-16H2,1-5H3,(H2,25,27,28,31). The van der Waals surface area contributed by atoms with Gasteiger partial charge in [-0.05, 0) is 58.9 Å². The maximum atomic E-state index is 12.6. The predicted molar refractivity (Wildman–Crippen MR) is 135 cm³/mol. The van der Waals surface area contributed by atoms with Gasteiger partial charge in [0.2, 0.25) is 5.95 Å². The average Bonchev–Trinajstić information content (AvgIpc) is 3.17. The number of aromatic amines is 1. The molecule has 0 aliphatic carbocycles. The van der Waals surface area contributed by atoms with Gasteiger partial charge < -0.3 is 19.5 Å². The number of aryl methyl sites for hydroxylation is 1. The van der Waals surface area contributed by atoms with Crippen LogP contribution in [0.1, 0.15) is 34.0 Å². The Morgan fingerprint density at radius 3 is 2.48 bits per heavy atom. The van der Waals surface area contributed by atoms with Crippen LogP contribution in [-0.2, 0) is 25.3 Å². The summed E-state index contributed by atoms with van der Waals surface area (Å²) in [4.78, 5) is 28.7. The van der Waals surface area contributed by atoms with Crippen molar-refractivity contribution >= 4 is 17.7 Å². The molecule has 0 spiro atoms. The second-order valence-corrected chi connectivity index (χ2v) is 9.74. The Labute approximate surface area is 199 Å². The zero-order valence-electron chi connectivity index (χ0n) is 20.1. The van der Waals surface area contributed by atoms with Crippen molar-refractivity contribution in [2.24, 2.45) is 0 Å². The van der Waals surface area contributed by atoms with E-state index < -0.39 is 0 Å². The molecule has 0 bridgehead atoms. The zero-order valence-corrected chi connectivity index (χ0v) is 21.0. The van der Waals surface area contributed by atoms with Crippen molar-refractivity contribution in [3.05, 3.63) is 74.9 Å². The molecule has 0 fully saturated rings. The first kappa shape index (κ1) is 25.0. The molecule has 3 heterocycles. The van der Waals surface area contributed by atoms with Crippen molar-refractivity contribution in [3.8, 4) is 0 Å². The Hall–Kier alpha value is -2.62. The average molecular weight is 471 g/mol. The van der Waals surface area contributed by atoms with E-state index in [-0.39, 0.29) is 5.56 Å². The van der Waals surface area contributed by atoms with Crippen molar-refractivity contribution in [2.45, 2.75) is 32.2 Å².